The molecule has 100 valence electrons. The van der Waals surface area contributed by atoms with Crippen LogP contribution in [0.25, 0.3) is 22.6 Å². The van der Waals surface area contributed by atoms with Crippen LogP contribution in [0.15, 0.2) is 59.6 Å². The van der Waals surface area contributed by atoms with E-state index in [4.69, 9.17) is 5.73 Å². The molecule has 1 aromatic heterocycles. The number of aromatic nitrogens is 2. The fraction of sp³-hybridized carbons (Fsp3) is 0.0625. The maximum Gasteiger partial charge on any atom is 0.137 e. The number of nitrogens with one attached hydrogen (secondary N) is 1. The Morgan fingerprint density at radius 2 is 1.85 bits per heavy atom. The predicted octanol–water partition coefficient (Wildman–Crippen LogP) is 4.05. The molecule has 0 amide bonds. The van der Waals surface area contributed by atoms with E-state index in [1.165, 1.54) is 4.90 Å². The summed E-state index contributed by atoms with van der Waals surface area (Å²) in [6.45, 7) is 0. The highest BCUT2D eigenvalue weighted by Gasteiger charge is 2.05. The average Bonchev–Trinajstić information content (AvgIpc) is 2.97. The van der Waals surface area contributed by atoms with E-state index in [9.17, 15) is 0 Å². The Morgan fingerprint density at radius 1 is 1.05 bits per heavy atom. The number of nitrogen functional groups attached to an aromatic ring is 1. The zero-order valence-electron chi connectivity index (χ0n) is 11.1. The summed E-state index contributed by atoms with van der Waals surface area (Å²) in [5, 5.41) is 0. The van der Waals surface area contributed by atoms with Crippen molar-refractivity contribution in [2.24, 2.45) is 0 Å². The number of nitrogens with two attached hydrogens (primary N) is 1. The lowest BCUT2D eigenvalue weighted by atomic mass is 10.2. The summed E-state index contributed by atoms with van der Waals surface area (Å²) >= 11 is 1.74. The van der Waals surface area contributed by atoms with Gasteiger partial charge in [0.05, 0.1) is 11.9 Å². The van der Waals surface area contributed by atoms with Gasteiger partial charge in [0.2, 0.25) is 0 Å². The fourth-order valence-electron chi connectivity index (χ4n) is 2.07. The largest absolute Gasteiger partial charge is 0.399 e. The highest BCUT2D eigenvalue weighted by molar-refractivity contribution is 7.98. The van der Waals surface area contributed by atoms with Crippen molar-refractivity contribution in [3.63, 3.8) is 0 Å². The standard InChI is InChI=1S/C16H15N3S/c1-20-14-7-5-11(6-8-14)15-10-18-16(19-15)12-3-2-4-13(17)9-12/h2-10H,17H2,1H3,(H,18,19). The van der Waals surface area contributed by atoms with Gasteiger partial charge in [-0.15, -0.1) is 11.8 Å². The third-order valence-corrected chi connectivity index (χ3v) is 3.88. The molecule has 3 rings (SSSR count). The number of anilines is 1. The minimum atomic E-state index is 0.741. The molecule has 0 unspecified atom stereocenters. The number of hydrogen-bond acceptors (Lipinski definition) is 3. The quantitative estimate of drug-likeness (QED) is 0.562. The van der Waals surface area contributed by atoms with E-state index < -0.39 is 0 Å². The average molecular weight is 281 g/mol. The van der Waals surface area contributed by atoms with Gasteiger partial charge in [0.1, 0.15) is 5.82 Å². The van der Waals surface area contributed by atoms with Crippen LogP contribution in [-0.2, 0) is 0 Å². The lowest BCUT2D eigenvalue weighted by Gasteiger charge is -2.00. The number of nitrogens with zero attached hydrogens (tertiary/aromatic N) is 1. The summed E-state index contributed by atoms with van der Waals surface area (Å²) < 4.78 is 0. The van der Waals surface area contributed by atoms with Gasteiger partial charge in [0.25, 0.3) is 0 Å². The SMILES string of the molecule is CSc1ccc(-c2cnc(-c3cccc(N)c3)[nH]2)cc1. The lowest BCUT2D eigenvalue weighted by Crippen LogP contribution is -1.86. The number of rotatable bonds is 3. The van der Waals surface area contributed by atoms with Crippen molar-refractivity contribution in [1.82, 2.24) is 9.97 Å². The van der Waals surface area contributed by atoms with Gasteiger partial charge >= 0.3 is 0 Å². The molecule has 0 saturated heterocycles. The first-order valence-corrected chi connectivity index (χ1v) is 7.54. The molecule has 0 radical (unpaired) electrons. The molecule has 0 fully saturated rings. The maximum atomic E-state index is 5.80. The van der Waals surface area contributed by atoms with Gasteiger partial charge in [-0.1, -0.05) is 24.3 Å². The molecule has 0 atom stereocenters. The van der Waals surface area contributed by atoms with Crippen molar-refractivity contribution in [3.05, 3.63) is 54.7 Å². The first-order valence-electron chi connectivity index (χ1n) is 6.31. The Kier molecular flexibility index (Phi) is 3.48. The Bertz CT molecular complexity index is 717. The van der Waals surface area contributed by atoms with Gasteiger partial charge in [-0.2, -0.15) is 0 Å². The van der Waals surface area contributed by atoms with Crippen LogP contribution in [0.1, 0.15) is 0 Å². The zero-order valence-corrected chi connectivity index (χ0v) is 11.9. The highest BCUT2D eigenvalue weighted by atomic mass is 32.2. The summed E-state index contributed by atoms with van der Waals surface area (Å²) in [6, 6.07) is 16.1. The van der Waals surface area contributed by atoms with Gasteiger partial charge in [-0.05, 0) is 36.1 Å². The van der Waals surface area contributed by atoms with E-state index in [1.54, 1.807) is 11.8 Å². The Balaban J connectivity index is 1.93. The second-order valence-corrected chi connectivity index (χ2v) is 5.38. The minimum Gasteiger partial charge on any atom is -0.399 e. The van der Waals surface area contributed by atoms with Gasteiger partial charge in [-0.25, -0.2) is 4.98 Å². The number of thioether (sulfide) groups is 1. The van der Waals surface area contributed by atoms with Crippen LogP contribution in [-0.4, -0.2) is 16.2 Å². The summed E-state index contributed by atoms with van der Waals surface area (Å²) in [6.07, 6.45) is 3.93. The first-order chi connectivity index (χ1) is 9.76. The van der Waals surface area contributed by atoms with Crippen molar-refractivity contribution >= 4 is 17.4 Å². The van der Waals surface area contributed by atoms with Crippen molar-refractivity contribution in [3.8, 4) is 22.6 Å². The molecule has 4 heteroatoms. The van der Waals surface area contributed by atoms with Gasteiger partial charge in [0, 0.05) is 16.1 Å². The number of hydrogen-bond donors (Lipinski definition) is 2. The van der Waals surface area contributed by atoms with Crippen LogP contribution >= 0.6 is 11.8 Å². The molecule has 0 aliphatic carbocycles. The summed E-state index contributed by atoms with van der Waals surface area (Å²) in [5.74, 6) is 0.834. The van der Waals surface area contributed by atoms with Crippen LogP contribution in [0.4, 0.5) is 5.69 Å². The molecule has 0 bridgehead atoms. The number of imidazole rings is 1. The minimum absolute atomic E-state index is 0.741. The third kappa shape index (κ3) is 2.56. The third-order valence-electron chi connectivity index (χ3n) is 3.14. The summed E-state index contributed by atoms with van der Waals surface area (Å²) in [5.41, 5.74) is 9.68. The molecule has 0 spiro atoms. The second-order valence-electron chi connectivity index (χ2n) is 4.50. The molecule has 2 aromatic carbocycles. The van der Waals surface area contributed by atoms with Crippen molar-refractivity contribution in [2.45, 2.75) is 4.90 Å². The van der Waals surface area contributed by atoms with E-state index >= 15 is 0 Å². The van der Waals surface area contributed by atoms with E-state index in [1.807, 2.05) is 30.5 Å². The molecule has 20 heavy (non-hydrogen) atoms. The van der Waals surface area contributed by atoms with E-state index in [-0.39, 0.29) is 0 Å². The molecule has 3 N–H and O–H groups in total. The molecular weight excluding hydrogens is 266 g/mol. The van der Waals surface area contributed by atoms with Crippen LogP contribution < -0.4 is 5.73 Å². The van der Waals surface area contributed by atoms with E-state index in [0.717, 1.165) is 28.3 Å². The monoisotopic (exact) mass is 281 g/mol. The Hall–Kier alpha value is -2.20. The summed E-state index contributed by atoms with van der Waals surface area (Å²) in [4.78, 5) is 9.02. The van der Waals surface area contributed by atoms with Crippen molar-refractivity contribution in [1.29, 1.82) is 0 Å². The zero-order chi connectivity index (χ0) is 13.9. The van der Waals surface area contributed by atoms with Gasteiger partial charge in [-0.3, -0.25) is 0 Å². The van der Waals surface area contributed by atoms with Crippen molar-refractivity contribution in [2.75, 3.05) is 12.0 Å². The molecule has 3 aromatic rings. The van der Waals surface area contributed by atoms with Crippen LogP contribution in [0.5, 0.6) is 0 Å². The van der Waals surface area contributed by atoms with Gasteiger partial charge < -0.3 is 10.7 Å². The molecule has 0 aliphatic rings. The smallest absolute Gasteiger partial charge is 0.137 e. The van der Waals surface area contributed by atoms with E-state index in [2.05, 4.69) is 40.5 Å². The lowest BCUT2D eigenvalue weighted by molar-refractivity contribution is 1.31. The normalized spacial score (nSPS) is 10.7. The second kappa shape index (κ2) is 5.43. The summed E-state index contributed by atoms with van der Waals surface area (Å²) in [7, 11) is 0. The van der Waals surface area contributed by atoms with Gasteiger partial charge in [0.15, 0.2) is 0 Å². The number of H-pyrrole nitrogens is 1. The van der Waals surface area contributed by atoms with Crippen molar-refractivity contribution < 1.29 is 0 Å². The van der Waals surface area contributed by atoms with Crippen LogP contribution in [0.2, 0.25) is 0 Å². The van der Waals surface area contributed by atoms with Crippen LogP contribution in [0, 0.1) is 0 Å². The molecule has 0 aliphatic heterocycles. The molecule has 3 nitrogen and oxygen atoms in total. The number of aromatic amines is 1. The molecule has 0 saturated carbocycles. The first kappa shape index (κ1) is 12.8. The van der Waals surface area contributed by atoms with E-state index in [0.29, 0.717) is 0 Å². The predicted molar refractivity (Wildman–Crippen MR) is 85.7 cm³/mol. The topological polar surface area (TPSA) is 54.7 Å². The number of benzene rings is 2. The Labute approximate surface area is 122 Å². The molecule has 1 heterocycles. The fourth-order valence-corrected chi connectivity index (χ4v) is 2.48. The molecular formula is C16H15N3S. The maximum absolute atomic E-state index is 5.80. The van der Waals surface area contributed by atoms with Crippen LogP contribution in [0.3, 0.4) is 0 Å². The highest BCUT2D eigenvalue weighted by Crippen LogP contribution is 2.25. The Morgan fingerprint density at radius 3 is 2.55 bits per heavy atom.